The Labute approximate surface area is 188 Å². The summed E-state index contributed by atoms with van der Waals surface area (Å²) in [6.07, 6.45) is -7.61. The molecular formula is C15H13ClF13NO3S. The fourth-order valence-corrected chi connectivity index (χ4v) is 2.94. The van der Waals surface area contributed by atoms with E-state index >= 15 is 0 Å². The predicted molar refractivity (Wildman–Crippen MR) is 91.2 cm³/mol. The first-order valence-corrected chi connectivity index (χ1v) is 9.38. The highest BCUT2D eigenvalue weighted by molar-refractivity contribution is 7.88. The van der Waals surface area contributed by atoms with E-state index in [4.69, 9.17) is 5.73 Å². The van der Waals surface area contributed by atoms with Crippen molar-refractivity contribution in [2.75, 3.05) is 0 Å². The molecule has 0 atom stereocenters. The lowest BCUT2D eigenvalue weighted by Gasteiger charge is -2.38. The fourth-order valence-electron chi connectivity index (χ4n) is 2.03. The first-order chi connectivity index (χ1) is 14.2. The van der Waals surface area contributed by atoms with Gasteiger partial charge < -0.3 is 9.92 Å². The summed E-state index contributed by atoms with van der Waals surface area (Å²) in [6, 6.07) is 2.79. The van der Waals surface area contributed by atoms with Crippen LogP contribution >= 0.6 is 12.4 Å². The van der Waals surface area contributed by atoms with E-state index in [1.807, 2.05) is 0 Å². The molecule has 0 aliphatic carbocycles. The predicted octanol–water partition coefficient (Wildman–Crippen LogP) is 5.71. The lowest BCUT2D eigenvalue weighted by molar-refractivity contribution is -0.433. The molecule has 19 heteroatoms. The summed E-state index contributed by atoms with van der Waals surface area (Å²) >= 11 is 0. The van der Waals surface area contributed by atoms with Gasteiger partial charge in [-0.3, -0.25) is 0 Å². The summed E-state index contributed by atoms with van der Waals surface area (Å²) in [5.74, 6) is -33.8. The number of halogens is 14. The molecule has 0 heterocycles. The van der Waals surface area contributed by atoms with Crippen LogP contribution in [-0.4, -0.2) is 43.5 Å². The Morgan fingerprint density at radius 1 is 0.676 bits per heavy atom. The third-order valence-corrected chi connectivity index (χ3v) is 5.32. The van der Waals surface area contributed by atoms with E-state index in [9.17, 15) is 65.5 Å². The van der Waals surface area contributed by atoms with Gasteiger partial charge in [0, 0.05) is 5.54 Å². The van der Waals surface area contributed by atoms with Crippen molar-refractivity contribution in [3.05, 3.63) is 29.8 Å². The Kier molecular flexibility index (Phi) is 8.32. The van der Waals surface area contributed by atoms with Crippen molar-refractivity contribution in [1.29, 1.82) is 0 Å². The summed E-state index contributed by atoms with van der Waals surface area (Å²) in [6.45, 7) is 2.79. The molecule has 0 aliphatic heterocycles. The van der Waals surface area contributed by atoms with E-state index < -0.39 is 56.5 Å². The van der Waals surface area contributed by atoms with Crippen LogP contribution in [-0.2, 0) is 15.7 Å². The van der Waals surface area contributed by atoms with Crippen molar-refractivity contribution in [1.82, 2.24) is 0 Å². The maximum atomic E-state index is 13.8. The SMILES string of the molecule is CC(C)(N)c1ccc(OS(=O)(=O)C(F)(F)C(F)(F)C(F)(F)C(F)(F)C(F)(F)C(F)(F)F)cc1.Cl. The van der Waals surface area contributed by atoms with Gasteiger partial charge >= 0.3 is 45.2 Å². The fraction of sp³-hybridized carbons (Fsp3) is 0.600. The number of rotatable bonds is 8. The second-order valence-corrected chi connectivity index (χ2v) is 8.68. The van der Waals surface area contributed by atoms with E-state index in [-0.39, 0.29) is 18.0 Å². The van der Waals surface area contributed by atoms with Crippen molar-refractivity contribution in [3.63, 3.8) is 0 Å². The van der Waals surface area contributed by atoms with Gasteiger partial charge in [0.2, 0.25) is 0 Å². The quantitative estimate of drug-likeness (QED) is 0.322. The molecule has 0 saturated heterocycles. The van der Waals surface area contributed by atoms with Crippen LogP contribution in [0, 0.1) is 0 Å². The third-order valence-electron chi connectivity index (χ3n) is 4.02. The minimum Gasteiger partial charge on any atom is -0.378 e. The van der Waals surface area contributed by atoms with Gasteiger partial charge in [0.1, 0.15) is 5.75 Å². The molecule has 0 fully saturated rings. The Morgan fingerprint density at radius 3 is 1.35 bits per heavy atom. The molecule has 0 bridgehead atoms. The summed E-state index contributed by atoms with van der Waals surface area (Å²) < 4.78 is 196. The summed E-state index contributed by atoms with van der Waals surface area (Å²) in [5, 5.41) is -7.43. The summed E-state index contributed by atoms with van der Waals surface area (Å²) in [4.78, 5) is 0. The van der Waals surface area contributed by atoms with Gasteiger partial charge in [0.05, 0.1) is 0 Å². The molecule has 0 amide bonds. The molecule has 34 heavy (non-hydrogen) atoms. The number of alkyl halides is 13. The number of benzene rings is 1. The number of hydrogen-bond donors (Lipinski definition) is 1. The first kappa shape index (κ1) is 32.3. The normalized spacial score (nSPS) is 15.1. The highest BCUT2D eigenvalue weighted by atomic mass is 35.5. The van der Waals surface area contributed by atoms with E-state index in [1.165, 1.54) is 13.8 Å². The third kappa shape index (κ3) is 4.84. The Morgan fingerprint density at radius 2 is 1.03 bits per heavy atom. The lowest BCUT2D eigenvalue weighted by atomic mass is 9.96. The zero-order chi connectivity index (χ0) is 26.7. The van der Waals surface area contributed by atoms with Gasteiger partial charge in [-0.25, -0.2) is 0 Å². The van der Waals surface area contributed by atoms with Crippen LogP contribution in [0.2, 0.25) is 0 Å². The Bertz CT molecular complexity index is 971. The van der Waals surface area contributed by atoms with Crippen LogP contribution in [0.25, 0.3) is 0 Å². The van der Waals surface area contributed by atoms with Crippen molar-refractivity contribution in [2.24, 2.45) is 5.73 Å². The van der Waals surface area contributed by atoms with Crippen LogP contribution in [0.15, 0.2) is 24.3 Å². The average Bonchev–Trinajstić information content (AvgIpc) is 2.59. The van der Waals surface area contributed by atoms with Crippen LogP contribution in [0.3, 0.4) is 0 Å². The minimum absolute atomic E-state index is 0. The number of hydrogen-bond acceptors (Lipinski definition) is 4. The van der Waals surface area contributed by atoms with Crippen LogP contribution in [0.4, 0.5) is 57.1 Å². The molecule has 0 radical (unpaired) electrons. The molecule has 0 aromatic heterocycles. The van der Waals surface area contributed by atoms with Gasteiger partial charge in [0.15, 0.2) is 0 Å². The molecule has 0 spiro atoms. The topological polar surface area (TPSA) is 69.4 Å². The molecule has 200 valence electrons. The molecule has 0 aliphatic rings. The van der Waals surface area contributed by atoms with Crippen LogP contribution < -0.4 is 9.92 Å². The monoisotopic (exact) mass is 569 g/mol. The van der Waals surface area contributed by atoms with Crippen LogP contribution in [0.5, 0.6) is 5.75 Å². The highest BCUT2D eigenvalue weighted by Gasteiger charge is 2.93. The smallest absolute Gasteiger partial charge is 0.378 e. The van der Waals surface area contributed by atoms with E-state index in [0.29, 0.717) is 12.1 Å². The zero-order valence-electron chi connectivity index (χ0n) is 16.3. The van der Waals surface area contributed by atoms with Crippen molar-refractivity contribution >= 4 is 22.5 Å². The van der Waals surface area contributed by atoms with Crippen molar-refractivity contribution in [3.8, 4) is 5.75 Å². The maximum Gasteiger partial charge on any atom is 0.460 e. The van der Waals surface area contributed by atoms with E-state index in [1.54, 1.807) is 0 Å². The van der Waals surface area contributed by atoms with Gasteiger partial charge in [-0.05, 0) is 31.5 Å². The molecule has 0 unspecified atom stereocenters. The second kappa shape index (κ2) is 8.76. The summed E-state index contributed by atoms with van der Waals surface area (Å²) in [5.41, 5.74) is 4.69. The summed E-state index contributed by atoms with van der Waals surface area (Å²) in [7, 11) is -7.40. The Balaban J connectivity index is 0.0000109. The largest absolute Gasteiger partial charge is 0.460 e. The molecule has 2 N–H and O–H groups in total. The van der Waals surface area contributed by atoms with Gasteiger partial charge in [-0.1, -0.05) is 12.1 Å². The first-order valence-electron chi connectivity index (χ1n) is 7.98. The molecule has 1 rings (SSSR count). The number of nitrogens with two attached hydrogens (primary N) is 1. The van der Waals surface area contributed by atoms with Gasteiger partial charge in [0.25, 0.3) is 0 Å². The molecule has 0 saturated carbocycles. The highest BCUT2D eigenvalue weighted by Crippen LogP contribution is 2.61. The van der Waals surface area contributed by atoms with Crippen molar-refractivity contribution in [2.45, 2.75) is 54.5 Å². The average molecular weight is 570 g/mol. The molecule has 1 aromatic carbocycles. The molecule has 4 nitrogen and oxygen atoms in total. The minimum atomic E-state index is -8.26. The Hall–Kier alpha value is -1.69. The molecular weight excluding hydrogens is 557 g/mol. The zero-order valence-corrected chi connectivity index (χ0v) is 18.0. The second-order valence-electron chi connectivity index (χ2n) is 7.10. The van der Waals surface area contributed by atoms with Gasteiger partial charge in [-0.15, -0.1) is 12.4 Å². The standard InChI is InChI=1S/C15H12F13NO3S.ClH/c1-9(2,29)7-3-5-8(6-4-7)32-33(30,31)15(27,28)13(22,23)11(18,19)10(16,17)12(20,21)14(24,25)26;/h3-6H,29H2,1-2H3;1H. The maximum absolute atomic E-state index is 13.8. The van der Waals surface area contributed by atoms with Crippen molar-refractivity contribution < 1.29 is 69.7 Å². The van der Waals surface area contributed by atoms with E-state index in [0.717, 1.165) is 12.1 Å². The van der Waals surface area contributed by atoms with Crippen LogP contribution in [0.1, 0.15) is 19.4 Å². The molecule has 1 aromatic rings. The van der Waals surface area contributed by atoms with E-state index in [2.05, 4.69) is 4.18 Å². The lowest BCUT2D eigenvalue weighted by Crippen LogP contribution is -2.71. The van der Waals surface area contributed by atoms with Gasteiger partial charge in [-0.2, -0.15) is 65.5 Å².